The van der Waals surface area contributed by atoms with Crippen LogP contribution in [0.5, 0.6) is 5.75 Å². The number of anilines is 1. The van der Waals surface area contributed by atoms with Crippen molar-refractivity contribution in [3.05, 3.63) is 84.3 Å². The third kappa shape index (κ3) is 4.01. The molecule has 3 aromatic rings. The zero-order chi connectivity index (χ0) is 20.2. The number of amides is 1. The van der Waals surface area contributed by atoms with Crippen molar-refractivity contribution in [3.8, 4) is 5.75 Å². The summed E-state index contributed by atoms with van der Waals surface area (Å²) in [5, 5.41) is 6.22. The summed E-state index contributed by atoms with van der Waals surface area (Å²) in [5.41, 5.74) is 2.80. The fourth-order valence-corrected chi connectivity index (χ4v) is 3.45. The number of carbonyl (C=O) groups excluding carboxylic acids is 1. The quantitative estimate of drug-likeness (QED) is 0.637. The first kappa shape index (κ1) is 18.8. The number of nitrogens with zero attached hydrogens (tertiary/aromatic N) is 3. The lowest BCUT2D eigenvalue weighted by Gasteiger charge is -2.24. The number of rotatable bonds is 6. The molecule has 4 rings (SSSR count). The summed E-state index contributed by atoms with van der Waals surface area (Å²) < 4.78 is 10.8. The molecule has 1 aliphatic heterocycles. The normalized spacial score (nSPS) is 15.9. The molecule has 0 bridgehead atoms. The van der Waals surface area contributed by atoms with Crippen molar-refractivity contribution < 1.29 is 13.9 Å². The highest BCUT2D eigenvalue weighted by molar-refractivity contribution is 6.03. The minimum atomic E-state index is -0.251. The number of ether oxygens (including phenoxy) is 1. The van der Waals surface area contributed by atoms with Crippen LogP contribution in [-0.2, 0) is 4.79 Å². The average molecular weight is 389 g/mol. The Kier molecular flexibility index (Phi) is 5.33. The maximum absolute atomic E-state index is 13.1. The Morgan fingerprint density at radius 3 is 2.55 bits per heavy atom. The van der Waals surface area contributed by atoms with Crippen LogP contribution >= 0.6 is 0 Å². The number of carbonyl (C=O) groups is 1. The Morgan fingerprint density at radius 1 is 1.14 bits per heavy atom. The van der Waals surface area contributed by atoms with E-state index in [0.29, 0.717) is 6.42 Å². The number of benzene rings is 2. The summed E-state index contributed by atoms with van der Waals surface area (Å²) in [6, 6.07) is 21.0. The minimum absolute atomic E-state index is 0.0822. The largest absolute Gasteiger partial charge is 0.497 e. The molecule has 2 aromatic carbocycles. The molecule has 1 aromatic heterocycles. The SMILES string of the molecule is COc1ccc(C2=NN(C(=O)CN(C)c3ccccc3)C(c3ccco3)C2)cc1. The Balaban J connectivity index is 1.58. The number of hydrogen-bond donors (Lipinski definition) is 0. The molecule has 0 fully saturated rings. The Morgan fingerprint density at radius 2 is 1.90 bits per heavy atom. The number of hydrogen-bond acceptors (Lipinski definition) is 5. The highest BCUT2D eigenvalue weighted by Crippen LogP contribution is 2.33. The molecule has 1 aliphatic rings. The molecule has 0 saturated carbocycles. The number of hydrazone groups is 1. The van der Waals surface area contributed by atoms with Crippen LogP contribution in [0.15, 0.2) is 82.5 Å². The third-order valence-electron chi connectivity index (χ3n) is 5.03. The Bertz CT molecular complexity index is 982. The van der Waals surface area contributed by atoms with E-state index in [9.17, 15) is 4.79 Å². The van der Waals surface area contributed by atoms with Gasteiger partial charge in [0.05, 0.1) is 25.6 Å². The minimum Gasteiger partial charge on any atom is -0.497 e. The Labute approximate surface area is 170 Å². The van der Waals surface area contributed by atoms with E-state index in [1.165, 1.54) is 0 Å². The number of para-hydroxylation sites is 1. The summed E-state index contributed by atoms with van der Waals surface area (Å²) in [4.78, 5) is 15.0. The lowest BCUT2D eigenvalue weighted by molar-refractivity contribution is -0.131. The van der Waals surface area contributed by atoms with Gasteiger partial charge in [0.1, 0.15) is 17.6 Å². The van der Waals surface area contributed by atoms with Crippen molar-refractivity contribution in [2.24, 2.45) is 5.10 Å². The van der Waals surface area contributed by atoms with Gasteiger partial charge in [-0.25, -0.2) is 5.01 Å². The van der Waals surface area contributed by atoms with Gasteiger partial charge in [-0.1, -0.05) is 18.2 Å². The second kappa shape index (κ2) is 8.22. The highest BCUT2D eigenvalue weighted by atomic mass is 16.5. The summed E-state index contributed by atoms with van der Waals surface area (Å²) in [5.74, 6) is 1.43. The molecule has 1 atom stereocenters. The fraction of sp³-hybridized carbons (Fsp3) is 0.217. The Hall–Kier alpha value is -3.54. The van der Waals surface area contributed by atoms with Crippen LogP contribution in [0.1, 0.15) is 23.8 Å². The first-order valence-corrected chi connectivity index (χ1v) is 9.49. The van der Waals surface area contributed by atoms with E-state index in [1.54, 1.807) is 18.4 Å². The van der Waals surface area contributed by atoms with Crippen LogP contribution in [0.3, 0.4) is 0 Å². The number of likely N-dealkylation sites (N-methyl/N-ethyl adjacent to an activating group) is 1. The van der Waals surface area contributed by atoms with Gasteiger partial charge >= 0.3 is 0 Å². The van der Waals surface area contributed by atoms with Crippen LogP contribution in [0, 0.1) is 0 Å². The summed E-state index contributed by atoms with van der Waals surface area (Å²) in [7, 11) is 3.54. The van der Waals surface area contributed by atoms with Gasteiger partial charge in [0.2, 0.25) is 0 Å². The van der Waals surface area contributed by atoms with Gasteiger partial charge in [-0.2, -0.15) is 5.10 Å². The van der Waals surface area contributed by atoms with Gasteiger partial charge in [-0.05, 0) is 54.1 Å². The average Bonchev–Trinajstić information content (AvgIpc) is 3.44. The molecule has 1 unspecified atom stereocenters. The summed E-state index contributed by atoms with van der Waals surface area (Å²) in [6.07, 6.45) is 2.22. The smallest absolute Gasteiger partial charge is 0.262 e. The fourth-order valence-electron chi connectivity index (χ4n) is 3.45. The van der Waals surface area contributed by atoms with Gasteiger partial charge in [0.25, 0.3) is 5.91 Å². The summed E-state index contributed by atoms with van der Waals surface area (Å²) >= 11 is 0. The monoisotopic (exact) mass is 389 g/mol. The standard InChI is InChI=1S/C23H23N3O3/c1-25(18-7-4-3-5-8-18)16-23(27)26-21(22-9-6-14-29-22)15-20(24-26)17-10-12-19(28-2)13-11-17/h3-14,21H,15-16H2,1-2H3. The van der Waals surface area contributed by atoms with Crippen molar-refractivity contribution in [3.63, 3.8) is 0 Å². The zero-order valence-corrected chi connectivity index (χ0v) is 16.5. The van der Waals surface area contributed by atoms with E-state index in [4.69, 9.17) is 9.15 Å². The van der Waals surface area contributed by atoms with Gasteiger partial charge in [-0.15, -0.1) is 0 Å². The first-order valence-electron chi connectivity index (χ1n) is 9.49. The molecule has 0 radical (unpaired) electrons. The van der Waals surface area contributed by atoms with Crippen molar-refractivity contribution in [2.45, 2.75) is 12.5 Å². The van der Waals surface area contributed by atoms with Gasteiger partial charge < -0.3 is 14.1 Å². The van der Waals surface area contributed by atoms with E-state index in [2.05, 4.69) is 5.10 Å². The summed E-state index contributed by atoms with van der Waals surface area (Å²) in [6.45, 7) is 0.223. The van der Waals surface area contributed by atoms with Crippen molar-refractivity contribution in [1.82, 2.24) is 5.01 Å². The predicted octanol–water partition coefficient (Wildman–Crippen LogP) is 4.10. The predicted molar refractivity (Wildman–Crippen MR) is 112 cm³/mol. The molecule has 148 valence electrons. The lowest BCUT2D eigenvalue weighted by atomic mass is 10.0. The zero-order valence-electron chi connectivity index (χ0n) is 16.5. The van der Waals surface area contributed by atoms with E-state index in [-0.39, 0.29) is 18.5 Å². The molecule has 29 heavy (non-hydrogen) atoms. The van der Waals surface area contributed by atoms with Gasteiger partial charge in [0.15, 0.2) is 0 Å². The molecule has 2 heterocycles. The van der Waals surface area contributed by atoms with Crippen LogP contribution in [-0.4, -0.2) is 37.3 Å². The second-order valence-corrected chi connectivity index (χ2v) is 6.94. The number of furan rings is 1. The topological polar surface area (TPSA) is 58.3 Å². The third-order valence-corrected chi connectivity index (χ3v) is 5.03. The molecule has 1 amide bonds. The maximum Gasteiger partial charge on any atom is 0.262 e. The molecule has 0 N–H and O–H groups in total. The van der Waals surface area contributed by atoms with Crippen LogP contribution in [0.2, 0.25) is 0 Å². The maximum atomic E-state index is 13.1. The molecular formula is C23H23N3O3. The second-order valence-electron chi connectivity index (χ2n) is 6.94. The van der Waals surface area contributed by atoms with Crippen molar-refractivity contribution in [1.29, 1.82) is 0 Å². The lowest BCUT2D eigenvalue weighted by Crippen LogP contribution is -2.36. The first-order chi connectivity index (χ1) is 14.2. The van der Waals surface area contributed by atoms with Crippen LogP contribution < -0.4 is 9.64 Å². The molecule has 6 nitrogen and oxygen atoms in total. The van der Waals surface area contributed by atoms with Crippen LogP contribution in [0.4, 0.5) is 5.69 Å². The van der Waals surface area contributed by atoms with Crippen molar-refractivity contribution >= 4 is 17.3 Å². The molecule has 0 saturated heterocycles. The van der Waals surface area contributed by atoms with Crippen LogP contribution in [0.25, 0.3) is 0 Å². The van der Waals surface area contributed by atoms with E-state index in [0.717, 1.165) is 28.5 Å². The highest BCUT2D eigenvalue weighted by Gasteiger charge is 2.35. The molecule has 6 heteroatoms. The van der Waals surface area contributed by atoms with Gasteiger partial charge in [0, 0.05) is 19.2 Å². The molecule has 0 spiro atoms. The molecule has 0 aliphatic carbocycles. The molecular weight excluding hydrogens is 366 g/mol. The number of methoxy groups -OCH3 is 1. The van der Waals surface area contributed by atoms with Gasteiger partial charge in [-0.3, -0.25) is 4.79 Å². The van der Waals surface area contributed by atoms with E-state index < -0.39 is 0 Å². The van der Waals surface area contributed by atoms with E-state index in [1.807, 2.05) is 78.7 Å². The van der Waals surface area contributed by atoms with E-state index >= 15 is 0 Å². The van der Waals surface area contributed by atoms with Crippen molar-refractivity contribution in [2.75, 3.05) is 25.6 Å².